The van der Waals surface area contributed by atoms with Crippen LogP contribution >= 0.6 is 27.5 Å². The molecular formula is C16H15BrClNO. The molecule has 2 nitrogen and oxygen atoms in total. The lowest BCUT2D eigenvalue weighted by atomic mass is 10.2. The van der Waals surface area contributed by atoms with E-state index in [-0.39, 0.29) is 0 Å². The highest BCUT2D eigenvalue weighted by Crippen LogP contribution is 2.32. The Balaban J connectivity index is 1.82. The van der Waals surface area contributed by atoms with Crippen molar-refractivity contribution in [1.29, 1.82) is 0 Å². The van der Waals surface area contributed by atoms with Gasteiger partial charge in [0, 0.05) is 22.6 Å². The standard InChI is InChI=1S/C16H15BrClNO/c17-12-5-8-15(11(9-12)10-19-13-6-7-13)20-16-4-2-1-3-14(16)18/h1-5,8-9,13,19H,6-7,10H2. The molecule has 1 aliphatic carbocycles. The van der Waals surface area contributed by atoms with E-state index in [0.29, 0.717) is 16.8 Å². The lowest BCUT2D eigenvalue weighted by Gasteiger charge is -2.13. The first-order valence-corrected chi connectivity index (χ1v) is 7.83. The summed E-state index contributed by atoms with van der Waals surface area (Å²) in [7, 11) is 0. The van der Waals surface area contributed by atoms with Gasteiger partial charge in [0.1, 0.15) is 11.5 Å². The predicted octanol–water partition coefficient (Wildman–Crippen LogP) is 5.15. The van der Waals surface area contributed by atoms with Crippen molar-refractivity contribution in [3.05, 3.63) is 57.5 Å². The van der Waals surface area contributed by atoms with Crippen LogP contribution in [0.2, 0.25) is 5.02 Å². The summed E-state index contributed by atoms with van der Waals surface area (Å²) in [6, 6.07) is 14.2. The zero-order valence-electron chi connectivity index (χ0n) is 10.9. The van der Waals surface area contributed by atoms with Gasteiger partial charge in [-0.05, 0) is 43.2 Å². The van der Waals surface area contributed by atoms with Crippen LogP contribution < -0.4 is 10.1 Å². The van der Waals surface area contributed by atoms with E-state index in [1.165, 1.54) is 12.8 Å². The second-order valence-corrected chi connectivity index (χ2v) is 6.26. The van der Waals surface area contributed by atoms with E-state index >= 15 is 0 Å². The number of hydrogen-bond acceptors (Lipinski definition) is 2. The molecule has 0 saturated heterocycles. The van der Waals surface area contributed by atoms with Gasteiger partial charge in [-0.1, -0.05) is 39.7 Å². The topological polar surface area (TPSA) is 21.3 Å². The zero-order valence-corrected chi connectivity index (χ0v) is 13.2. The molecule has 2 aromatic carbocycles. The normalized spacial score (nSPS) is 14.3. The number of ether oxygens (including phenoxy) is 1. The van der Waals surface area contributed by atoms with Crippen molar-refractivity contribution in [2.75, 3.05) is 0 Å². The van der Waals surface area contributed by atoms with E-state index in [1.54, 1.807) is 0 Å². The number of rotatable bonds is 5. The molecule has 0 atom stereocenters. The van der Waals surface area contributed by atoms with Gasteiger partial charge in [-0.3, -0.25) is 0 Å². The molecule has 20 heavy (non-hydrogen) atoms. The second kappa shape index (κ2) is 6.17. The van der Waals surface area contributed by atoms with Crippen LogP contribution in [-0.2, 0) is 6.54 Å². The molecule has 0 heterocycles. The number of nitrogens with one attached hydrogen (secondary N) is 1. The van der Waals surface area contributed by atoms with Crippen LogP contribution in [0, 0.1) is 0 Å². The Kier molecular flexibility index (Phi) is 4.29. The first-order valence-electron chi connectivity index (χ1n) is 6.66. The summed E-state index contributed by atoms with van der Waals surface area (Å²) >= 11 is 9.65. The fourth-order valence-corrected chi connectivity index (χ4v) is 2.56. The summed E-state index contributed by atoms with van der Waals surface area (Å²) in [5.74, 6) is 1.53. The van der Waals surface area contributed by atoms with Crippen molar-refractivity contribution in [2.45, 2.75) is 25.4 Å². The summed E-state index contributed by atoms with van der Waals surface area (Å²) in [6.07, 6.45) is 2.55. The van der Waals surface area contributed by atoms with Crippen LogP contribution in [0.4, 0.5) is 0 Å². The summed E-state index contributed by atoms with van der Waals surface area (Å²) < 4.78 is 7.01. The average Bonchev–Trinajstić information content (AvgIpc) is 3.25. The number of halogens is 2. The van der Waals surface area contributed by atoms with Gasteiger partial charge in [0.05, 0.1) is 5.02 Å². The molecule has 0 bridgehead atoms. The SMILES string of the molecule is Clc1ccccc1Oc1ccc(Br)cc1CNC1CC1. The third-order valence-electron chi connectivity index (χ3n) is 3.24. The van der Waals surface area contributed by atoms with E-state index in [9.17, 15) is 0 Å². The fourth-order valence-electron chi connectivity index (χ4n) is 1.97. The van der Waals surface area contributed by atoms with E-state index in [1.807, 2.05) is 36.4 Å². The maximum atomic E-state index is 6.15. The van der Waals surface area contributed by atoms with Gasteiger partial charge in [0.25, 0.3) is 0 Å². The smallest absolute Gasteiger partial charge is 0.146 e. The van der Waals surface area contributed by atoms with E-state index in [4.69, 9.17) is 16.3 Å². The predicted molar refractivity (Wildman–Crippen MR) is 85.5 cm³/mol. The maximum Gasteiger partial charge on any atom is 0.146 e. The molecule has 1 aliphatic rings. The van der Waals surface area contributed by atoms with Gasteiger partial charge >= 0.3 is 0 Å². The van der Waals surface area contributed by atoms with Crippen LogP contribution in [0.5, 0.6) is 11.5 Å². The van der Waals surface area contributed by atoms with Crippen molar-refractivity contribution in [3.8, 4) is 11.5 Å². The molecule has 0 radical (unpaired) electrons. The quantitative estimate of drug-likeness (QED) is 0.804. The molecule has 0 spiro atoms. The molecule has 104 valence electrons. The lowest BCUT2D eigenvalue weighted by Crippen LogP contribution is -2.15. The molecule has 0 unspecified atom stereocenters. The maximum absolute atomic E-state index is 6.15. The first kappa shape index (κ1) is 13.9. The van der Waals surface area contributed by atoms with E-state index in [2.05, 4.69) is 27.3 Å². The van der Waals surface area contributed by atoms with Gasteiger partial charge < -0.3 is 10.1 Å². The molecule has 0 aromatic heterocycles. The summed E-state index contributed by atoms with van der Waals surface area (Å²) in [6.45, 7) is 0.809. The number of hydrogen-bond donors (Lipinski definition) is 1. The Bertz CT molecular complexity index is 613. The van der Waals surface area contributed by atoms with Gasteiger partial charge in [-0.25, -0.2) is 0 Å². The molecule has 4 heteroatoms. The Morgan fingerprint density at radius 3 is 2.70 bits per heavy atom. The largest absolute Gasteiger partial charge is 0.455 e. The number of benzene rings is 2. The van der Waals surface area contributed by atoms with Gasteiger partial charge in [0.15, 0.2) is 0 Å². The van der Waals surface area contributed by atoms with Crippen LogP contribution in [0.25, 0.3) is 0 Å². The minimum Gasteiger partial charge on any atom is -0.455 e. The molecule has 1 fully saturated rings. The molecule has 1 N–H and O–H groups in total. The van der Waals surface area contributed by atoms with Crippen molar-refractivity contribution in [3.63, 3.8) is 0 Å². The minimum atomic E-state index is 0.622. The third kappa shape index (κ3) is 3.54. The lowest BCUT2D eigenvalue weighted by molar-refractivity contribution is 0.472. The Hall–Kier alpha value is -1.03. The molecule has 0 aliphatic heterocycles. The van der Waals surface area contributed by atoms with Gasteiger partial charge in [-0.15, -0.1) is 0 Å². The molecule has 1 saturated carbocycles. The Morgan fingerprint density at radius 2 is 1.95 bits per heavy atom. The molecule has 0 amide bonds. The van der Waals surface area contributed by atoms with Crippen LogP contribution in [0.15, 0.2) is 46.9 Å². The molecule has 3 rings (SSSR count). The Labute approximate surface area is 132 Å². The van der Waals surface area contributed by atoms with Crippen molar-refractivity contribution < 1.29 is 4.74 Å². The second-order valence-electron chi connectivity index (χ2n) is 4.94. The highest BCUT2D eigenvalue weighted by atomic mass is 79.9. The van der Waals surface area contributed by atoms with Crippen molar-refractivity contribution in [1.82, 2.24) is 5.32 Å². The first-order chi connectivity index (χ1) is 9.72. The third-order valence-corrected chi connectivity index (χ3v) is 4.04. The molecular weight excluding hydrogens is 338 g/mol. The minimum absolute atomic E-state index is 0.622. The van der Waals surface area contributed by atoms with Crippen LogP contribution in [0.1, 0.15) is 18.4 Å². The summed E-state index contributed by atoms with van der Waals surface area (Å²) in [4.78, 5) is 0. The monoisotopic (exact) mass is 351 g/mol. The van der Waals surface area contributed by atoms with Crippen LogP contribution in [-0.4, -0.2) is 6.04 Å². The van der Waals surface area contributed by atoms with Crippen LogP contribution in [0.3, 0.4) is 0 Å². The van der Waals surface area contributed by atoms with Gasteiger partial charge in [0.2, 0.25) is 0 Å². The fraction of sp³-hybridized carbons (Fsp3) is 0.250. The number of para-hydroxylation sites is 1. The summed E-state index contributed by atoms with van der Waals surface area (Å²) in [5.41, 5.74) is 1.13. The zero-order chi connectivity index (χ0) is 13.9. The Morgan fingerprint density at radius 1 is 1.15 bits per heavy atom. The van der Waals surface area contributed by atoms with Crippen molar-refractivity contribution in [2.24, 2.45) is 0 Å². The van der Waals surface area contributed by atoms with Crippen molar-refractivity contribution >= 4 is 27.5 Å². The van der Waals surface area contributed by atoms with E-state index < -0.39 is 0 Å². The average molecular weight is 353 g/mol. The summed E-state index contributed by atoms with van der Waals surface area (Å²) in [5, 5.41) is 4.13. The molecule has 2 aromatic rings. The highest BCUT2D eigenvalue weighted by molar-refractivity contribution is 9.10. The van der Waals surface area contributed by atoms with Gasteiger partial charge in [-0.2, -0.15) is 0 Å². The van der Waals surface area contributed by atoms with E-state index in [0.717, 1.165) is 22.3 Å². The highest BCUT2D eigenvalue weighted by Gasteiger charge is 2.20.